The molecule has 1 heterocycles. The van der Waals surface area contributed by atoms with E-state index in [9.17, 15) is 16.8 Å². The van der Waals surface area contributed by atoms with Crippen molar-refractivity contribution in [3.05, 3.63) is 29.8 Å². The van der Waals surface area contributed by atoms with Gasteiger partial charge in [-0.2, -0.15) is 0 Å². The van der Waals surface area contributed by atoms with Crippen LogP contribution in [0.4, 0.5) is 5.00 Å². The lowest BCUT2D eigenvalue weighted by Crippen LogP contribution is -2.06. The fourth-order valence-corrected chi connectivity index (χ4v) is 4.83. The summed E-state index contributed by atoms with van der Waals surface area (Å²) in [6.45, 7) is 1.83. The van der Waals surface area contributed by atoms with Crippen LogP contribution in [0, 0.1) is 6.92 Å². The zero-order valence-electron chi connectivity index (χ0n) is 10.7. The van der Waals surface area contributed by atoms with Gasteiger partial charge in [0.1, 0.15) is 5.00 Å². The Morgan fingerprint density at radius 1 is 1.10 bits per heavy atom. The smallest absolute Gasteiger partial charge is 0.226 e. The Kier molecular flexibility index (Phi) is 3.61. The lowest BCUT2D eigenvalue weighted by atomic mass is 10.2. The molecule has 108 valence electrons. The first-order valence-electron chi connectivity index (χ1n) is 5.40. The highest BCUT2D eigenvalue weighted by atomic mass is 32.2. The van der Waals surface area contributed by atoms with E-state index in [0.29, 0.717) is 11.3 Å². The molecule has 0 bridgehead atoms. The summed E-state index contributed by atoms with van der Waals surface area (Å²) in [5.74, 6) is 0. The van der Waals surface area contributed by atoms with Crippen LogP contribution >= 0.6 is 11.3 Å². The van der Waals surface area contributed by atoms with Crippen LogP contribution < -0.4 is 5.73 Å². The molecular formula is C11H12N2O4S3. The quantitative estimate of drug-likeness (QED) is 0.907. The highest BCUT2D eigenvalue weighted by molar-refractivity contribution is 7.93. The van der Waals surface area contributed by atoms with Crippen LogP contribution in [-0.4, -0.2) is 28.1 Å². The largest absolute Gasteiger partial charge is 0.388 e. The summed E-state index contributed by atoms with van der Waals surface area (Å²) in [5.41, 5.74) is 6.51. The Balaban J connectivity index is 2.61. The van der Waals surface area contributed by atoms with Crippen molar-refractivity contribution in [1.29, 1.82) is 0 Å². The standard InChI is InChI=1S/C11H12N2O4S3/c1-7-3-5-8(6-4-7)20(16,17)10-9(12)18-11(13-10)19(2,14)15/h3-6H,12H2,1-2H3. The van der Waals surface area contributed by atoms with Crippen molar-refractivity contribution in [3.8, 4) is 0 Å². The number of aryl methyl sites for hydroxylation is 1. The zero-order valence-corrected chi connectivity index (χ0v) is 13.1. The van der Waals surface area contributed by atoms with E-state index in [0.717, 1.165) is 11.8 Å². The summed E-state index contributed by atoms with van der Waals surface area (Å²) in [4.78, 5) is 3.70. The third kappa shape index (κ3) is 2.69. The first-order chi connectivity index (χ1) is 9.12. The minimum Gasteiger partial charge on any atom is -0.388 e. The Bertz CT molecular complexity index is 850. The molecule has 0 saturated carbocycles. The molecule has 0 aliphatic rings. The lowest BCUT2D eigenvalue weighted by molar-refractivity contribution is 0.591. The molecule has 1 aromatic heterocycles. The van der Waals surface area contributed by atoms with Crippen molar-refractivity contribution >= 4 is 36.0 Å². The van der Waals surface area contributed by atoms with Gasteiger partial charge in [0.2, 0.25) is 24.0 Å². The van der Waals surface area contributed by atoms with E-state index >= 15 is 0 Å². The fraction of sp³-hybridized carbons (Fsp3) is 0.182. The molecule has 6 nitrogen and oxygen atoms in total. The molecule has 9 heteroatoms. The van der Waals surface area contributed by atoms with Gasteiger partial charge in [0, 0.05) is 6.26 Å². The molecule has 2 N–H and O–H groups in total. The predicted octanol–water partition coefficient (Wildman–Crippen LogP) is 1.27. The maximum Gasteiger partial charge on any atom is 0.226 e. The highest BCUT2D eigenvalue weighted by Crippen LogP contribution is 2.32. The number of thiazole rings is 1. The van der Waals surface area contributed by atoms with Gasteiger partial charge in [-0.15, -0.1) is 0 Å². The van der Waals surface area contributed by atoms with Crippen LogP contribution in [0.25, 0.3) is 0 Å². The summed E-state index contributed by atoms with van der Waals surface area (Å²) in [6, 6.07) is 6.16. The molecule has 0 unspecified atom stereocenters. The second-order valence-electron chi connectivity index (χ2n) is 4.24. The Hall–Kier alpha value is -1.45. The number of nitrogens with zero attached hydrogens (tertiary/aromatic N) is 1. The summed E-state index contributed by atoms with van der Waals surface area (Å²) in [7, 11) is -7.51. The van der Waals surface area contributed by atoms with Crippen molar-refractivity contribution < 1.29 is 16.8 Å². The second kappa shape index (κ2) is 4.83. The molecule has 2 aromatic rings. The van der Waals surface area contributed by atoms with Gasteiger partial charge in [-0.25, -0.2) is 21.8 Å². The molecular weight excluding hydrogens is 320 g/mol. The number of hydrogen-bond donors (Lipinski definition) is 1. The van der Waals surface area contributed by atoms with Gasteiger partial charge in [0.15, 0.2) is 5.03 Å². The minimum atomic E-state index is -3.92. The number of nitrogen functional groups attached to an aromatic ring is 1. The zero-order chi connectivity index (χ0) is 15.1. The van der Waals surface area contributed by atoms with Crippen LogP contribution in [0.1, 0.15) is 5.56 Å². The SMILES string of the molecule is Cc1ccc(S(=O)(=O)c2nc(S(C)(=O)=O)sc2N)cc1. The third-order valence-corrected chi connectivity index (χ3v) is 6.91. The molecule has 0 radical (unpaired) electrons. The molecule has 0 aliphatic heterocycles. The van der Waals surface area contributed by atoms with E-state index in [-0.39, 0.29) is 14.2 Å². The maximum atomic E-state index is 12.4. The van der Waals surface area contributed by atoms with Crippen LogP contribution in [0.15, 0.2) is 38.5 Å². The van der Waals surface area contributed by atoms with Gasteiger partial charge >= 0.3 is 0 Å². The first-order valence-corrected chi connectivity index (χ1v) is 9.59. The van der Waals surface area contributed by atoms with E-state index in [1.54, 1.807) is 12.1 Å². The van der Waals surface area contributed by atoms with E-state index < -0.39 is 24.7 Å². The van der Waals surface area contributed by atoms with Crippen molar-refractivity contribution in [1.82, 2.24) is 4.98 Å². The molecule has 20 heavy (non-hydrogen) atoms. The summed E-state index contributed by atoms with van der Waals surface area (Å²) in [6.07, 6.45) is 0.952. The molecule has 0 fully saturated rings. The highest BCUT2D eigenvalue weighted by Gasteiger charge is 2.27. The van der Waals surface area contributed by atoms with Crippen LogP contribution in [0.2, 0.25) is 0 Å². The average molecular weight is 332 g/mol. The van der Waals surface area contributed by atoms with Gasteiger partial charge in [-0.3, -0.25) is 0 Å². The van der Waals surface area contributed by atoms with Gasteiger partial charge in [0.05, 0.1) is 4.90 Å². The fourth-order valence-electron chi connectivity index (χ4n) is 1.48. The number of sulfone groups is 2. The molecule has 2 rings (SSSR count). The number of benzene rings is 1. The Morgan fingerprint density at radius 3 is 2.10 bits per heavy atom. The van der Waals surface area contributed by atoms with Crippen molar-refractivity contribution in [3.63, 3.8) is 0 Å². The Labute approximate surface area is 121 Å². The van der Waals surface area contributed by atoms with Gasteiger partial charge in [-0.05, 0) is 19.1 Å². The van der Waals surface area contributed by atoms with E-state index in [2.05, 4.69) is 4.98 Å². The minimum absolute atomic E-state index is 0.0279. The maximum absolute atomic E-state index is 12.4. The second-order valence-corrected chi connectivity index (χ2v) is 9.32. The van der Waals surface area contributed by atoms with Gasteiger partial charge in [-0.1, -0.05) is 29.0 Å². The van der Waals surface area contributed by atoms with Crippen molar-refractivity contribution in [2.75, 3.05) is 12.0 Å². The number of hydrogen-bond acceptors (Lipinski definition) is 7. The third-order valence-electron chi connectivity index (χ3n) is 2.50. The van der Waals surface area contributed by atoms with Crippen LogP contribution in [-0.2, 0) is 19.7 Å². The molecule has 0 saturated heterocycles. The molecule has 0 aliphatic carbocycles. The summed E-state index contributed by atoms with van der Waals surface area (Å²) >= 11 is 0.646. The summed E-state index contributed by atoms with van der Waals surface area (Å²) < 4.78 is 47.3. The van der Waals surface area contributed by atoms with E-state index in [1.807, 2.05) is 6.92 Å². The molecule has 0 spiro atoms. The van der Waals surface area contributed by atoms with Crippen molar-refractivity contribution in [2.24, 2.45) is 0 Å². The number of anilines is 1. The first kappa shape index (κ1) is 14.9. The topological polar surface area (TPSA) is 107 Å². The van der Waals surface area contributed by atoms with E-state index in [4.69, 9.17) is 5.73 Å². The average Bonchev–Trinajstić information content (AvgIpc) is 2.72. The lowest BCUT2D eigenvalue weighted by Gasteiger charge is -2.02. The van der Waals surface area contributed by atoms with Crippen LogP contribution in [0.5, 0.6) is 0 Å². The monoisotopic (exact) mass is 332 g/mol. The normalized spacial score (nSPS) is 12.5. The molecule has 0 amide bonds. The van der Waals surface area contributed by atoms with Gasteiger partial charge < -0.3 is 5.73 Å². The number of nitrogens with two attached hydrogens (primary N) is 1. The van der Waals surface area contributed by atoms with Gasteiger partial charge in [0.25, 0.3) is 0 Å². The predicted molar refractivity (Wildman–Crippen MR) is 76.3 cm³/mol. The molecule has 1 aromatic carbocycles. The Morgan fingerprint density at radius 2 is 1.65 bits per heavy atom. The number of rotatable bonds is 3. The number of aromatic nitrogens is 1. The van der Waals surface area contributed by atoms with E-state index in [1.165, 1.54) is 12.1 Å². The summed E-state index contributed by atoms with van der Waals surface area (Å²) in [5, 5.41) is -0.544. The van der Waals surface area contributed by atoms with Crippen LogP contribution in [0.3, 0.4) is 0 Å². The molecule has 0 atom stereocenters. The van der Waals surface area contributed by atoms with Crippen molar-refractivity contribution in [2.45, 2.75) is 21.2 Å².